The highest BCUT2D eigenvalue weighted by Crippen LogP contribution is 2.32. The fraction of sp³-hybridized carbons (Fsp3) is 0.667. The number of H-pyrrole nitrogens is 1. The Morgan fingerprint density at radius 2 is 2.33 bits per heavy atom. The van der Waals surface area contributed by atoms with Crippen LogP contribution in [0.25, 0.3) is 5.57 Å². The zero-order chi connectivity index (χ0) is 12.4. The second-order valence-corrected chi connectivity index (χ2v) is 5.61. The number of rotatable bonds is 3. The van der Waals surface area contributed by atoms with Crippen LogP contribution < -0.4 is 5.32 Å². The molecule has 0 radical (unpaired) electrons. The van der Waals surface area contributed by atoms with Crippen molar-refractivity contribution in [2.75, 3.05) is 13.1 Å². The third-order valence-electron chi connectivity index (χ3n) is 4.31. The van der Waals surface area contributed by atoms with Gasteiger partial charge in [-0.25, -0.2) is 0 Å². The first kappa shape index (κ1) is 12.0. The van der Waals surface area contributed by atoms with Crippen molar-refractivity contribution in [2.24, 2.45) is 5.92 Å². The molecular formula is C15H23N3. The van der Waals surface area contributed by atoms with Crippen molar-refractivity contribution in [3.8, 4) is 0 Å². The highest BCUT2D eigenvalue weighted by molar-refractivity contribution is 5.67. The van der Waals surface area contributed by atoms with E-state index in [2.05, 4.69) is 28.5 Å². The van der Waals surface area contributed by atoms with Crippen LogP contribution in [0, 0.1) is 5.92 Å². The fourth-order valence-corrected chi connectivity index (χ4v) is 3.33. The van der Waals surface area contributed by atoms with Crippen molar-refractivity contribution in [3.63, 3.8) is 0 Å². The molecule has 18 heavy (non-hydrogen) atoms. The lowest BCUT2D eigenvalue weighted by Gasteiger charge is -2.22. The lowest BCUT2D eigenvalue weighted by Crippen LogP contribution is -2.21. The van der Waals surface area contributed by atoms with Crippen LogP contribution >= 0.6 is 0 Å². The molecule has 2 aliphatic rings. The predicted octanol–water partition coefficient (Wildman–Crippen LogP) is 2.69. The smallest absolute Gasteiger partial charge is 0.0913 e. The molecule has 1 aliphatic heterocycles. The van der Waals surface area contributed by atoms with Crippen molar-refractivity contribution < 1.29 is 0 Å². The maximum Gasteiger partial charge on any atom is 0.0913 e. The van der Waals surface area contributed by atoms with E-state index >= 15 is 0 Å². The van der Waals surface area contributed by atoms with Gasteiger partial charge >= 0.3 is 0 Å². The first-order valence-electron chi connectivity index (χ1n) is 7.34. The topological polar surface area (TPSA) is 40.7 Å². The lowest BCUT2D eigenvalue weighted by atomic mass is 9.82. The lowest BCUT2D eigenvalue weighted by molar-refractivity contribution is 0.420. The van der Waals surface area contributed by atoms with Gasteiger partial charge in [0.15, 0.2) is 0 Å². The standard InChI is InChI=1S/C15H23N3/c1-2-3-11-4-5-14-13(10-11)15(18-17-14)12-6-8-16-9-7-12/h6,11,16H,2-5,7-10H2,1H3,(H,17,18). The molecule has 1 aromatic rings. The minimum Gasteiger partial charge on any atom is -0.313 e. The fourth-order valence-electron chi connectivity index (χ4n) is 3.33. The second-order valence-electron chi connectivity index (χ2n) is 5.61. The Kier molecular flexibility index (Phi) is 3.50. The molecule has 3 rings (SSSR count). The Balaban J connectivity index is 1.85. The molecule has 0 aromatic carbocycles. The van der Waals surface area contributed by atoms with Gasteiger partial charge in [-0.05, 0) is 43.7 Å². The van der Waals surface area contributed by atoms with E-state index in [1.54, 1.807) is 0 Å². The predicted molar refractivity (Wildman–Crippen MR) is 74.5 cm³/mol. The van der Waals surface area contributed by atoms with Crippen LogP contribution in [0.4, 0.5) is 0 Å². The minimum absolute atomic E-state index is 0.876. The van der Waals surface area contributed by atoms with Crippen LogP contribution in [0.2, 0.25) is 0 Å². The molecule has 3 heteroatoms. The van der Waals surface area contributed by atoms with Gasteiger partial charge in [0.25, 0.3) is 0 Å². The van der Waals surface area contributed by atoms with Gasteiger partial charge in [-0.15, -0.1) is 0 Å². The summed E-state index contributed by atoms with van der Waals surface area (Å²) in [6.45, 7) is 4.38. The number of aromatic nitrogens is 2. The third-order valence-corrected chi connectivity index (χ3v) is 4.31. The maximum atomic E-state index is 4.59. The summed E-state index contributed by atoms with van der Waals surface area (Å²) in [4.78, 5) is 0. The van der Waals surface area contributed by atoms with Gasteiger partial charge in [0, 0.05) is 17.8 Å². The average Bonchev–Trinajstić information content (AvgIpc) is 2.83. The zero-order valence-corrected chi connectivity index (χ0v) is 11.3. The summed E-state index contributed by atoms with van der Waals surface area (Å²) in [6.07, 6.45) is 9.87. The molecule has 2 N–H and O–H groups in total. The van der Waals surface area contributed by atoms with Crippen LogP contribution in [-0.4, -0.2) is 23.3 Å². The molecule has 0 fully saturated rings. The molecule has 98 valence electrons. The highest BCUT2D eigenvalue weighted by atomic mass is 15.1. The van der Waals surface area contributed by atoms with E-state index in [0.717, 1.165) is 25.4 Å². The molecular weight excluding hydrogens is 222 g/mol. The van der Waals surface area contributed by atoms with E-state index in [-0.39, 0.29) is 0 Å². The SMILES string of the molecule is CCCC1CCc2[nH]nc(C3=CCNCC3)c2C1. The van der Waals surface area contributed by atoms with E-state index < -0.39 is 0 Å². The Labute approximate surface area is 109 Å². The number of hydrogen-bond acceptors (Lipinski definition) is 2. The van der Waals surface area contributed by atoms with Gasteiger partial charge < -0.3 is 5.32 Å². The van der Waals surface area contributed by atoms with Crippen LogP contribution in [0.15, 0.2) is 6.08 Å². The summed E-state index contributed by atoms with van der Waals surface area (Å²) >= 11 is 0. The third kappa shape index (κ3) is 2.24. The van der Waals surface area contributed by atoms with E-state index in [0.29, 0.717) is 0 Å². The molecule has 0 bridgehead atoms. The quantitative estimate of drug-likeness (QED) is 0.859. The highest BCUT2D eigenvalue weighted by Gasteiger charge is 2.24. The van der Waals surface area contributed by atoms with Gasteiger partial charge in [-0.2, -0.15) is 5.10 Å². The first-order valence-corrected chi connectivity index (χ1v) is 7.34. The van der Waals surface area contributed by atoms with Gasteiger partial charge in [-0.3, -0.25) is 5.10 Å². The number of aromatic amines is 1. The Morgan fingerprint density at radius 1 is 1.39 bits per heavy atom. The Hall–Kier alpha value is -1.09. The summed E-state index contributed by atoms with van der Waals surface area (Å²) in [5, 5.41) is 11.2. The maximum absolute atomic E-state index is 4.59. The molecule has 1 aliphatic carbocycles. The van der Waals surface area contributed by atoms with E-state index in [4.69, 9.17) is 0 Å². The first-order chi connectivity index (χ1) is 8.88. The summed E-state index contributed by atoms with van der Waals surface area (Å²) < 4.78 is 0. The average molecular weight is 245 g/mol. The van der Waals surface area contributed by atoms with Crippen LogP contribution in [0.5, 0.6) is 0 Å². The van der Waals surface area contributed by atoms with Crippen molar-refractivity contribution in [2.45, 2.75) is 45.4 Å². The minimum atomic E-state index is 0.876. The van der Waals surface area contributed by atoms with Crippen LogP contribution in [-0.2, 0) is 12.8 Å². The molecule has 1 aromatic heterocycles. The molecule has 0 spiro atoms. The Bertz CT molecular complexity index is 445. The molecule has 0 saturated heterocycles. The summed E-state index contributed by atoms with van der Waals surface area (Å²) in [5.41, 5.74) is 5.64. The van der Waals surface area contributed by atoms with Crippen molar-refractivity contribution in [1.29, 1.82) is 0 Å². The van der Waals surface area contributed by atoms with Crippen LogP contribution in [0.3, 0.4) is 0 Å². The number of hydrogen-bond donors (Lipinski definition) is 2. The van der Waals surface area contributed by atoms with Gasteiger partial charge in [-0.1, -0.05) is 25.8 Å². The van der Waals surface area contributed by atoms with E-state index in [1.165, 1.54) is 54.6 Å². The number of nitrogens with one attached hydrogen (secondary N) is 2. The van der Waals surface area contributed by atoms with Crippen LogP contribution in [0.1, 0.15) is 49.6 Å². The van der Waals surface area contributed by atoms with Crippen molar-refractivity contribution in [1.82, 2.24) is 15.5 Å². The van der Waals surface area contributed by atoms with Gasteiger partial charge in [0.05, 0.1) is 5.69 Å². The van der Waals surface area contributed by atoms with Gasteiger partial charge in [0.2, 0.25) is 0 Å². The van der Waals surface area contributed by atoms with E-state index in [1.807, 2.05) is 0 Å². The van der Waals surface area contributed by atoms with Crippen molar-refractivity contribution in [3.05, 3.63) is 23.0 Å². The van der Waals surface area contributed by atoms with E-state index in [9.17, 15) is 0 Å². The molecule has 1 unspecified atom stereocenters. The normalized spacial score (nSPS) is 23.6. The molecule has 3 nitrogen and oxygen atoms in total. The summed E-state index contributed by atoms with van der Waals surface area (Å²) in [7, 11) is 0. The largest absolute Gasteiger partial charge is 0.313 e. The Morgan fingerprint density at radius 3 is 3.11 bits per heavy atom. The van der Waals surface area contributed by atoms with Crippen molar-refractivity contribution >= 4 is 5.57 Å². The molecule has 1 atom stereocenters. The summed E-state index contributed by atoms with van der Waals surface area (Å²) in [5.74, 6) is 0.876. The number of aryl methyl sites for hydroxylation is 1. The molecule has 0 saturated carbocycles. The molecule has 2 heterocycles. The number of fused-ring (bicyclic) bond motifs is 1. The zero-order valence-electron chi connectivity index (χ0n) is 11.3. The molecule has 0 amide bonds. The van der Waals surface area contributed by atoms with Gasteiger partial charge in [0.1, 0.15) is 0 Å². The monoisotopic (exact) mass is 245 g/mol. The number of nitrogens with zero attached hydrogens (tertiary/aromatic N) is 1. The summed E-state index contributed by atoms with van der Waals surface area (Å²) in [6, 6.07) is 0. The second kappa shape index (κ2) is 5.27.